The van der Waals surface area contributed by atoms with E-state index in [1.807, 2.05) is 0 Å². The van der Waals surface area contributed by atoms with Crippen LogP contribution in [-0.4, -0.2) is 19.0 Å². The minimum atomic E-state index is -0.606. The van der Waals surface area contributed by atoms with E-state index in [1.165, 1.54) is 6.92 Å². The lowest BCUT2D eigenvalue weighted by Crippen LogP contribution is -2.37. The van der Waals surface area contributed by atoms with E-state index in [2.05, 4.69) is 10.6 Å². The molecule has 5 heteroatoms. The molecule has 1 fully saturated rings. The van der Waals surface area contributed by atoms with Crippen molar-refractivity contribution in [2.24, 2.45) is 5.92 Å². The van der Waals surface area contributed by atoms with Gasteiger partial charge in [0.1, 0.15) is 11.6 Å². The zero-order valence-electron chi connectivity index (χ0n) is 10.2. The van der Waals surface area contributed by atoms with Gasteiger partial charge in [-0.2, -0.15) is 0 Å². The minimum Gasteiger partial charge on any atom is -0.323 e. The van der Waals surface area contributed by atoms with E-state index >= 15 is 0 Å². The van der Waals surface area contributed by atoms with Crippen LogP contribution in [0.2, 0.25) is 0 Å². The van der Waals surface area contributed by atoms with Crippen molar-refractivity contribution in [2.75, 3.05) is 18.4 Å². The van der Waals surface area contributed by atoms with Gasteiger partial charge in [-0.05, 0) is 37.9 Å². The van der Waals surface area contributed by atoms with Gasteiger partial charge in [0.25, 0.3) is 0 Å². The fourth-order valence-electron chi connectivity index (χ4n) is 2.05. The van der Waals surface area contributed by atoms with Crippen LogP contribution in [0.5, 0.6) is 0 Å². The van der Waals surface area contributed by atoms with Gasteiger partial charge in [-0.25, -0.2) is 8.78 Å². The monoisotopic (exact) mass is 254 g/mol. The molecule has 3 nitrogen and oxygen atoms in total. The number of rotatable bonds is 2. The molecule has 2 rings (SSSR count). The molecule has 18 heavy (non-hydrogen) atoms. The van der Waals surface area contributed by atoms with Crippen molar-refractivity contribution in [3.8, 4) is 0 Å². The van der Waals surface area contributed by atoms with Gasteiger partial charge in [0, 0.05) is 12.6 Å². The minimum absolute atomic E-state index is 0.0892. The molecular weight excluding hydrogens is 238 g/mol. The molecule has 1 aromatic rings. The Morgan fingerprint density at radius 2 is 2.17 bits per heavy atom. The highest BCUT2D eigenvalue weighted by molar-refractivity contribution is 5.92. The fourth-order valence-corrected chi connectivity index (χ4v) is 2.05. The van der Waals surface area contributed by atoms with E-state index in [1.54, 1.807) is 0 Å². The van der Waals surface area contributed by atoms with Gasteiger partial charge < -0.3 is 10.6 Å². The van der Waals surface area contributed by atoms with E-state index in [-0.39, 0.29) is 23.1 Å². The summed E-state index contributed by atoms with van der Waals surface area (Å²) in [6.45, 7) is 2.97. The summed E-state index contributed by atoms with van der Waals surface area (Å²) in [5.41, 5.74) is 0.138. The van der Waals surface area contributed by atoms with E-state index in [9.17, 15) is 13.6 Å². The lowest BCUT2D eigenvalue weighted by atomic mass is 9.99. The van der Waals surface area contributed by atoms with Crippen LogP contribution in [0.3, 0.4) is 0 Å². The number of piperidine rings is 1. The van der Waals surface area contributed by atoms with Crippen LogP contribution in [0, 0.1) is 24.5 Å². The maximum absolute atomic E-state index is 13.6. The van der Waals surface area contributed by atoms with Crippen molar-refractivity contribution in [3.63, 3.8) is 0 Å². The Bertz CT molecular complexity index is 457. The number of carbonyl (C=O) groups is 1. The van der Waals surface area contributed by atoms with Crippen LogP contribution in [0.25, 0.3) is 0 Å². The number of aryl methyl sites for hydroxylation is 1. The maximum Gasteiger partial charge on any atom is 0.228 e. The predicted octanol–water partition coefficient (Wildman–Crippen LogP) is 2.21. The van der Waals surface area contributed by atoms with E-state index in [0.717, 1.165) is 31.5 Å². The van der Waals surface area contributed by atoms with Crippen LogP contribution < -0.4 is 10.6 Å². The first kappa shape index (κ1) is 13.0. The van der Waals surface area contributed by atoms with E-state index in [4.69, 9.17) is 0 Å². The second-order valence-corrected chi connectivity index (χ2v) is 4.61. The van der Waals surface area contributed by atoms with Crippen molar-refractivity contribution in [3.05, 3.63) is 29.3 Å². The summed E-state index contributed by atoms with van der Waals surface area (Å²) in [5, 5.41) is 5.56. The number of halogens is 2. The summed E-state index contributed by atoms with van der Waals surface area (Å²) in [6, 6.07) is 2.11. The number of anilines is 1. The largest absolute Gasteiger partial charge is 0.323 e. The SMILES string of the molecule is Cc1cc(F)c(NC(=O)[C@@H]2CCCNC2)cc1F. The Hall–Kier alpha value is -1.49. The molecule has 0 aromatic heterocycles. The normalized spacial score (nSPS) is 19.6. The molecule has 1 amide bonds. The number of hydrogen-bond acceptors (Lipinski definition) is 2. The summed E-state index contributed by atoms with van der Waals surface area (Å²) < 4.78 is 26.9. The average molecular weight is 254 g/mol. The first-order valence-corrected chi connectivity index (χ1v) is 6.05. The number of carbonyl (C=O) groups excluding carboxylic acids is 1. The summed E-state index contributed by atoms with van der Waals surface area (Å²) >= 11 is 0. The standard InChI is InChI=1S/C13H16F2N2O/c1-8-5-11(15)12(6-10(8)14)17-13(18)9-3-2-4-16-7-9/h5-6,9,16H,2-4,7H2,1H3,(H,17,18)/t9-/m1/s1. The third-order valence-electron chi connectivity index (χ3n) is 3.17. The number of benzene rings is 1. The molecule has 1 aliphatic heterocycles. The Labute approximate surface area is 105 Å². The molecule has 2 N–H and O–H groups in total. The van der Waals surface area contributed by atoms with Gasteiger partial charge in [-0.15, -0.1) is 0 Å². The first-order valence-electron chi connectivity index (χ1n) is 6.05. The third-order valence-corrected chi connectivity index (χ3v) is 3.17. The highest BCUT2D eigenvalue weighted by Crippen LogP contribution is 2.20. The summed E-state index contributed by atoms with van der Waals surface area (Å²) in [5.74, 6) is -1.56. The number of hydrogen-bond donors (Lipinski definition) is 2. The Morgan fingerprint density at radius 1 is 1.39 bits per heavy atom. The number of nitrogens with one attached hydrogen (secondary N) is 2. The van der Waals surface area contributed by atoms with Crippen molar-refractivity contribution >= 4 is 11.6 Å². The average Bonchev–Trinajstić information content (AvgIpc) is 2.37. The van der Waals surface area contributed by atoms with Gasteiger partial charge >= 0.3 is 0 Å². The zero-order chi connectivity index (χ0) is 13.1. The van der Waals surface area contributed by atoms with Crippen LogP contribution in [0.15, 0.2) is 12.1 Å². The molecule has 0 unspecified atom stereocenters. The smallest absolute Gasteiger partial charge is 0.228 e. The van der Waals surface area contributed by atoms with Gasteiger partial charge in [-0.1, -0.05) is 0 Å². The third kappa shape index (κ3) is 2.85. The van der Waals surface area contributed by atoms with Gasteiger partial charge in [-0.3, -0.25) is 4.79 Å². The number of amides is 1. The summed E-state index contributed by atoms with van der Waals surface area (Å²) in [7, 11) is 0. The molecule has 1 saturated heterocycles. The molecule has 1 aromatic carbocycles. The molecule has 0 spiro atoms. The van der Waals surface area contributed by atoms with Crippen molar-refractivity contribution in [1.29, 1.82) is 0 Å². The van der Waals surface area contributed by atoms with Crippen molar-refractivity contribution in [1.82, 2.24) is 5.32 Å². The first-order chi connectivity index (χ1) is 8.58. The van der Waals surface area contributed by atoms with E-state index < -0.39 is 11.6 Å². The molecule has 0 radical (unpaired) electrons. The lowest BCUT2D eigenvalue weighted by molar-refractivity contribution is -0.120. The highest BCUT2D eigenvalue weighted by Gasteiger charge is 2.22. The maximum atomic E-state index is 13.6. The second-order valence-electron chi connectivity index (χ2n) is 4.61. The van der Waals surface area contributed by atoms with Gasteiger partial charge in [0.05, 0.1) is 11.6 Å². The molecule has 1 heterocycles. The quantitative estimate of drug-likeness (QED) is 0.849. The highest BCUT2D eigenvalue weighted by atomic mass is 19.1. The summed E-state index contributed by atoms with van der Waals surface area (Å²) in [4.78, 5) is 11.9. The van der Waals surface area contributed by atoms with Gasteiger partial charge in [0.2, 0.25) is 5.91 Å². The fraction of sp³-hybridized carbons (Fsp3) is 0.462. The Balaban J connectivity index is 2.08. The zero-order valence-corrected chi connectivity index (χ0v) is 10.2. The molecule has 0 aliphatic carbocycles. The van der Waals surface area contributed by atoms with Crippen molar-refractivity contribution < 1.29 is 13.6 Å². The molecule has 1 aliphatic rings. The second kappa shape index (κ2) is 5.44. The van der Waals surface area contributed by atoms with Crippen LogP contribution in [-0.2, 0) is 4.79 Å². The molecule has 98 valence electrons. The van der Waals surface area contributed by atoms with E-state index in [0.29, 0.717) is 6.54 Å². The Kier molecular flexibility index (Phi) is 3.91. The van der Waals surface area contributed by atoms with Gasteiger partial charge in [0.15, 0.2) is 0 Å². The summed E-state index contributed by atoms with van der Waals surface area (Å²) in [6.07, 6.45) is 1.69. The van der Waals surface area contributed by atoms with Crippen LogP contribution in [0.1, 0.15) is 18.4 Å². The molecule has 1 atom stereocenters. The molecular formula is C13H16F2N2O. The van der Waals surface area contributed by atoms with Crippen molar-refractivity contribution in [2.45, 2.75) is 19.8 Å². The molecule has 0 bridgehead atoms. The van der Waals surface area contributed by atoms with Crippen LogP contribution >= 0.6 is 0 Å². The Morgan fingerprint density at radius 3 is 2.83 bits per heavy atom. The van der Waals surface area contributed by atoms with Crippen LogP contribution in [0.4, 0.5) is 14.5 Å². The lowest BCUT2D eigenvalue weighted by Gasteiger charge is -2.22. The predicted molar refractivity (Wildman–Crippen MR) is 65.3 cm³/mol. The molecule has 0 saturated carbocycles. The topological polar surface area (TPSA) is 41.1 Å².